The summed E-state index contributed by atoms with van der Waals surface area (Å²) < 4.78 is 12.3. The van der Waals surface area contributed by atoms with Crippen LogP contribution in [-0.2, 0) is 4.79 Å². The Balaban J connectivity index is 1.38. The molecule has 9 heteroatoms. The second kappa shape index (κ2) is 9.21. The lowest BCUT2D eigenvalue weighted by Gasteiger charge is -2.19. The molecule has 0 radical (unpaired) electrons. The Hall–Kier alpha value is -5.21. The molecular weight excluding hydrogens is 530 g/mol. The van der Waals surface area contributed by atoms with Gasteiger partial charge in [-0.15, -0.1) is 0 Å². The molecule has 0 saturated carbocycles. The maximum absolute atomic E-state index is 13.6. The Morgan fingerprint density at radius 1 is 0.850 bits per heavy atom. The van der Waals surface area contributed by atoms with E-state index in [1.54, 1.807) is 36.5 Å². The Morgan fingerprint density at radius 3 is 2.60 bits per heavy atom. The maximum atomic E-state index is 13.6. The van der Waals surface area contributed by atoms with Crippen molar-refractivity contribution < 1.29 is 13.9 Å². The first-order valence-corrected chi connectivity index (χ1v) is 12.7. The number of halogens is 1. The van der Waals surface area contributed by atoms with Crippen molar-refractivity contribution in [3.8, 4) is 33.7 Å². The maximum Gasteiger partial charge on any atom is 0.427 e. The largest absolute Gasteiger partial charge is 0.482 e. The van der Waals surface area contributed by atoms with Crippen molar-refractivity contribution in [1.82, 2.24) is 9.55 Å². The molecule has 7 rings (SSSR count). The molecule has 1 N–H and O–H groups in total. The number of hydrogen-bond acceptors (Lipinski definition) is 6. The molecule has 6 aromatic rings. The molecule has 0 spiro atoms. The zero-order valence-electron chi connectivity index (χ0n) is 20.7. The van der Waals surface area contributed by atoms with Gasteiger partial charge < -0.3 is 14.5 Å². The minimum absolute atomic E-state index is 0.0606. The Bertz CT molecular complexity index is 2130. The van der Waals surface area contributed by atoms with Gasteiger partial charge in [0, 0.05) is 27.6 Å². The molecule has 2 aromatic heterocycles. The standard InChI is InChI=1S/C31H18ClN3O5/c32-23-7-3-6-21(17-9-11-24-27(12-17)39-16-28(36)34-24)29(23)18-8-10-22-26(13-18)40-31(38)35(30(22)37)25-15-33-14-19-4-1-2-5-20(19)25/h1-15H,16H2,(H,34,36). The molecule has 0 aliphatic carbocycles. The summed E-state index contributed by atoms with van der Waals surface area (Å²) in [5, 5.41) is 5.00. The molecule has 8 nitrogen and oxygen atoms in total. The monoisotopic (exact) mass is 547 g/mol. The number of aromatic nitrogens is 2. The number of nitrogens with zero attached hydrogens (tertiary/aromatic N) is 2. The van der Waals surface area contributed by atoms with Gasteiger partial charge in [0.05, 0.1) is 23.0 Å². The lowest BCUT2D eigenvalue weighted by molar-refractivity contribution is -0.118. The van der Waals surface area contributed by atoms with Crippen molar-refractivity contribution in [3.05, 3.63) is 117 Å². The van der Waals surface area contributed by atoms with Crippen LogP contribution in [0.4, 0.5) is 5.69 Å². The zero-order valence-corrected chi connectivity index (χ0v) is 21.4. The number of anilines is 1. The van der Waals surface area contributed by atoms with E-state index in [1.165, 1.54) is 6.20 Å². The number of carbonyl (C=O) groups is 1. The van der Waals surface area contributed by atoms with Crippen LogP contribution in [-0.4, -0.2) is 22.1 Å². The quantitative estimate of drug-likeness (QED) is 0.300. The van der Waals surface area contributed by atoms with E-state index in [-0.39, 0.29) is 23.5 Å². The predicted octanol–water partition coefficient (Wildman–Crippen LogP) is 5.81. The van der Waals surface area contributed by atoms with Crippen LogP contribution in [0.3, 0.4) is 0 Å². The molecule has 1 amide bonds. The van der Waals surface area contributed by atoms with Crippen LogP contribution in [0.1, 0.15) is 0 Å². The highest BCUT2D eigenvalue weighted by Gasteiger charge is 2.20. The number of benzene rings is 4. The summed E-state index contributed by atoms with van der Waals surface area (Å²) in [6.07, 6.45) is 3.15. The molecule has 194 valence electrons. The zero-order chi connectivity index (χ0) is 27.4. The van der Waals surface area contributed by atoms with Crippen LogP contribution in [0.25, 0.3) is 49.7 Å². The molecule has 0 bridgehead atoms. The first-order chi connectivity index (χ1) is 19.5. The van der Waals surface area contributed by atoms with Gasteiger partial charge in [-0.05, 0) is 47.0 Å². The highest BCUT2D eigenvalue weighted by molar-refractivity contribution is 6.34. The molecule has 0 fully saturated rings. The number of ether oxygens (including phenoxy) is 1. The summed E-state index contributed by atoms with van der Waals surface area (Å²) >= 11 is 6.70. The van der Waals surface area contributed by atoms with Gasteiger partial charge in [0.15, 0.2) is 6.61 Å². The van der Waals surface area contributed by atoms with Crippen LogP contribution in [0.5, 0.6) is 5.75 Å². The van der Waals surface area contributed by atoms with Crippen molar-refractivity contribution in [2.75, 3.05) is 11.9 Å². The van der Waals surface area contributed by atoms with Gasteiger partial charge in [-0.3, -0.25) is 14.6 Å². The topological polar surface area (TPSA) is 103 Å². The van der Waals surface area contributed by atoms with E-state index < -0.39 is 11.3 Å². The van der Waals surface area contributed by atoms with Crippen molar-refractivity contribution in [1.29, 1.82) is 0 Å². The fourth-order valence-corrected chi connectivity index (χ4v) is 5.35. The summed E-state index contributed by atoms with van der Waals surface area (Å²) in [4.78, 5) is 42.6. The minimum atomic E-state index is -0.818. The van der Waals surface area contributed by atoms with Crippen LogP contribution >= 0.6 is 11.6 Å². The minimum Gasteiger partial charge on any atom is -0.482 e. The summed E-state index contributed by atoms with van der Waals surface area (Å²) in [7, 11) is 0. The van der Waals surface area contributed by atoms with E-state index in [9.17, 15) is 14.4 Å². The molecule has 1 aliphatic heterocycles. The number of hydrogen-bond donors (Lipinski definition) is 1. The number of nitrogens with one attached hydrogen (secondary N) is 1. The van der Waals surface area contributed by atoms with Gasteiger partial charge in [-0.1, -0.05) is 60.1 Å². The normalized spacial score (nSPS) is 12.7. The highest BCUT2D eigenvalue weighted by Crippen LogP contribution is 2.41. The summed E-state index contributed by atoms with van der Waals surface area (Å²) in [5.41, 5.74) is 3.53. The van der Waals surface area contributed by atoms with Gasteiger partial charge in [-0.25, -0.2) is 9.36 Å². The smallest absolute Gasteiger partial charge is 0.427 e. The highest BCUT2D eigenvalue weighted by atomic mass is 35.5. The van der Waals surface area contributed by atoms with E-state index in [4.69, 9.17) is 20.8 Å². The Morgan fingerprint density at radius 2 is 1.70 bits per heavy atom. The molecular formula is C31H18ClN3O5. The Labute approximate surface area is 231 Å². The van der Waals surface area contributed by atoms with Crippen molar-refractivity contribution in [2.24, 2.45) is 0 Å². The van der Waals surface area contributed by atoms with Crippen molar-refractivity contribution >= 4 is 44.9 Å². The average Bonchev–Trinajstić information content (AvgIpc) is 2.96. The second-order valence-corrected chi connectivity index (χ2v) is 9.72. The van der Waals surface area contributed by atoms with Crippen LogP contribution in [0, 0.1) is 0 Å². The number of carbonyl (C=O) groups excluding carboxylic acids is 1. The molecule has 4 aromatic carbocycles. The lowest BCUT2D eigenvalue weighted by atomic mass is 9.93. The van der Waals surface area contributed by atoms with Gasteiger partial charge in [0.2, 0.25) is 0 Å². The molecule has 1 aliphatic rings. The third-order valence-corrected chi connectivity index (χ3v) is 7.23. The number of fused-ring (bicyclic) bond motifs is 3. The van der Waals surface area contributed by atoms with E-state index in [0.29, 0.717) is 38.7 Å². The first-order valence-electron chi connectivity index (χ1n) is 12.4. The first kappa shape index (κ1) is 23.9. The summed E-state index contributed by atoms with van der Waals surface area (Å²) in [6, 6.07) is 23.4. The third kappa shape index (κ3) is 3.85. The third-order valence-electron chi connectivity index (χ3n) is 6.91. The van der Waals surface area contributed by atoms with E-state index in [2.05, 4.69) is 10.3 Å². The van der Waals surface area contributed by atoms with Gasteiger partial charge >= 0.3 is 5.76 Å². The lowest BCUT2D eigenvalue weighted by Crippen LogP contribution is -2.31. The molecule has 0 unspecified atom stereocenters. The molecule has 3 heterocycles. The number of amides is 1. The van der Waals surface area contributed by atoms with Crippen LogP contribution < -0.4 is 21.4 Å². The predicted molar refractivity (Wildman–Crippen MR) is 153 cm³/mol. The van der Waals surface area contributed by atoms with Gasteiger partial charge in [0.1, 0.15) is 11.3 Å². The van der Waals surface area contributed by atoms with Gasteiger partial charge in [-0.2, -0.15) is 0 Å². The van der Waals surface area contributed by atoms with E-state index in [1.807, 2.05) is 48.5 Å². The summed E-state index contributed by atoms with van der Waals surface area (Å²) in [5.74, 6) is -0.478. The summed E-state index contributed by atoms with van der Waals surface area (Å²) in [6.45, 7) is -0.0606. The van der Waals surface area contributed by atoms with E-state index >= 15 is 0 Å². The molecule has 0 saturated heterocycles. The SMILES string of the molecule is O=C1COc2cc(-c3cccc(Cl)c3-c3ccc4c(=O)n(-c5cncc6ccccc56)c(=O)oc4c3)ccc2N1. The van der Waals surface area contributed by atoms with E-state index in [0.717, 1.165) is 21.1 Å². The molecule has 40 heavy (non-hydrogen) atoms. The molecule has 0 atom stereocenters. The number of pyridine rings is 1. The number of rotatable bonds is 3. The van der Waals surface area contributed by atoms with Crippen molar-refractivity contribution in [2.45, 2.75) is 0 Å². The van der Waals surface area contributed by atoms with Crippen LogP contribution in [0.15, 0.2) is 105 Å². The second-order valence-electron chi connectivity index (χ2n) is 9.31. The average molecular weight is 548 g/mol. The van der Waals surface area contributed by atoms with Gasteiger partial charge in [0.25, 0.3) is 11.5 Å². The Kier molecular flexibility index (Phi) is 5.50. The van der Waals surface area contributed by atoms with Crippen LogP contribution in [0.2, 0.25) is 5.02 Å². The fraction of sp³-hybridized carbons (Fsp3) is 0.0323. The van der Waals surface area contributed by atoms with Crippen molar-refractivity contribution in [3.63, 3.8) is 0 Å². The fourth-order valence-electron chi connectivity index (χ4n) is 5.07.